The van der Waals surface area contributed by atoms with Crippen LogP contribution in [0, 0.1) is 0 Å². The quantitative estimate of drug-likeness (QED) is 0.363. The molecule has 0 saturated carbocycles. The third-order valence-electron chi connectivity index (χ3n) is 0. The molecule has 0 rings (SSSR count). The fourth-order valence-corrected chi connectivity index (χ4v) is 0. The zero-order valence-electron chi connectivity index (χ0n) is 6.67. The van der Waals surface area contributed by atoms with Gasteiger partial charge in [0.2, 0.25) is 0 Å². The van der Waals surface area contributed by atoms with E-state index in [1.165, 1.54) is 0 Å². The van der Waals surface area contributed by atoms with E-state index in [1.54, 1.807) is 0 Å². The van der Waals surface area contributed by atoms with E-state index in [0.717, 1.165) is 0 Å². The molecule has 0 bridgehead atoms. The van der Waals surface area contributed by atoms with Crippen molar-refractivity contribution in [1.82, 2.24) is 86.1 Å². The molecule has 0 amide bonds. The maximum absolute atomic E-state index is 0. The number of nitrogens with zero attached hydrogens (tertiary/aromatic N) is 14. The van der Waals surface area contributed by atoms with E-state index in [2.05, 4.69) is 0 Å². The highest BCUT2D eigenvalue weighted by Crippen LogP contribution is 0.420. The average molecular weight is 216 g/mol. The van der Waals surface area contributed by atoms with E-state index < -0.39 is 0 Å². The van der Waals surface area contributed by atoms with Gasteiger partial charge < -0.3 is 0 Å². The predicted octanol–water partition coefficient (Wildman–Crippen LogP) is -6.58. The van der Waals surface area contributed by atoms with Crippen LogP contribution in [0.1, 0.15) is 0 Å². The van der Waals surface area contributed by atoms with Gasteiger partial charge >= 0.3 is 0 Å². The van der Waals surface area contributed by atoms with Gasteiger partial charge in [-0.25, -0.2) is 0 Å². The molecule has 0 aromatic carbocycles. The highest BCUT2D eigenvalue weighted by molar-refractivity contribution is 2.15. The summed E-state index contributed by atoms with van der Waals surface area (Å²) in [4.78, 5) is 0. The lowest BCUT2D eigenvalue weighted by atomic mass is 14.0. The molecule has 0 aromatic heterocycles. The second-order valence-corrected chi connectivity index (χ2v) is 0. The average Bonchev–Trinajstić information content (AvgIpc) is 0. The smallest absolute Gasteiger partial charge is 0 e. The van der Waals surface area contributed by atoms with Gasteiger partial charge in [0.25, 0.3) is 0 Å². The summed E-state index contributed by atoms with van der Waals surface area (Å²) in [7, 11) is 0. The Hall–Kier alpha value is -0.630. The zero-order valence-corrected chi connectivity index (χ0v) is 6.67. The van der Waals surface area contributed by atoms with Gasteiger partial charge in [0, 0.05) is 86.1 Å². The summed E-state index contributed by atoms with van der Waals surface area (Å²) in [5, 5.41) is 0. The molecule has 0 saturated heterocycles. The maximum Gasteiger partial charge on any atom is 0 e. The Morgan fingerprint density at radius 3 is 0.133 bits per heavy atom. The topological polar surface area (TPSA) is 427 Å². The van der Waals surface area contributed by atoms with Crippen LogP contribution in [0.3, 0.4) is 0 Å². The molecule has 0 atom stereocenters. The van der Waals surface area contributed by atoms with Crippen LogP contribution in [0.2, 0.25) is 0 Å². The van der Waals surface area contributed by atoms with Crippen molar-refractivity contribution >= 4 is 0 Å². The molecule has 0 aliphatic carbocycles. The lowest BCUT2D eigenvalue weighted by molar-refractivity contribution is 1.11. The van der Waals surface area contributed by atoms with Gasteiger partial charge in [-0.3, -0.25) is 4.70 Å². The van der Waals surface area contributed by atoms with Gasteiger partial charge in [0.15, 0.2) is 0 Å². The normalized spacial score (nSPS) is 0. The molecule has 0 aromatic rings. The summed E-state index contributed by atoms with van der Waals surface area (Å²) in [5.74, 6) is 0. The molecule has 0 unspecified atom stereocenters. The van der Waals surface area contributed by atoms with Crippen molar-refractivity contribution in [1.29, 1.82) is 0 Å². The number of rotatable bonds is 0. The Labute approximate surface area is 92.0 Å². The third kappa shape index (κ3) is 4350. The first-order valence-corrected chi connectivity index (χ1v) is 0. The summed E-state index contributed by atoms with van der Waals surface area (Å²) in [6, 6.07) is 0. The van der Waals surface area contributed by atoms with Gasteiger partial charge in [-0.15, -0.1) is 0 Å². The summed E-state index contributed by atoms with van der Waals surface area (Å²) in [6.45, 7) is 0. The minimum Gasteiger partial charge on any atom is -0.269 e. The molecular formula is HFN14. The molecule has 0 fully saturated rings. The number of halogens is 1. The molecule has 15 heteroatoms. The fourth-order valence-electron chi connectivity index (χ4n) is 0. The van der Waals surface area contributed by atoms with E-state index >= 15 is 0 Å². The summed E-state index contributed by atoms with van der Waals surface area (Å²) in [6.07, 6.45) is 0. The molecule has 78 valence electrons. The molecule has 0 heterocycles. The van der Waals surface area contributed by atoms with Gasteiger partial charge in [0.05, 0.1) is 0 Å². The second kappa shape index (κ2) is 5150. The molecule has 0 spiro atoms. The summed E-state index contributed by atoms with van der Waals surface area (Å²) < 4.78 is 0. The molecule has 0 N–H and O–H groups in total. The lowest BCUT2D eigenvalue weighted by Gasteiger charge is -0.269. The standard InChI is InChI=1S/FH.14N/h1H;;;;;;;;;;;;;;. The van der Waals surface area contributed by atoms with Gasteiger partial charge in [-0.2, -0.15) is 0 Å². The fraction of sp³-hybridized carbons (Fsp3) is 0. The molecule has 15 heavy (non-hydrogen) atoms. The van der Waals surface area contributed by atoms with Gasteiger partial charge in [-0.1, -0.05) is 0 Å². The molecule has 0 aliphatic heterocycles. The predicted molar refractivity (Wildman–Crippen MR) is 32.4 cm³/mol. The first-order chi connectivity index (χ1) is 0. The minimum atomic E-state index is 0. The number of hydrogen-bond acceptors (Lipinski definition) is 0. The summed E-state index contributed by atoms with van der Waals surface area (Å²) >= 11 is 0. The molecule has 14 nitrogen and oxygen atoms in total. The van der Waals surface area contributed by atoms with Crippen LogP contribution < -0.4 is 86.1 Å². The van der Waals surface area contributed by atoms with Crippen LogP contribution in [-0.4, -0.2) is 0 Å². The summed E-state index contributed by atoms with van der Waals surface area (Å²) in [5.41, 5.74) is 0. The van der Waals surface area contributed by atoms with Crippen LogP contribution in [-0.2, 0) is 0 Å². The Balaban J connectivity index is 0. The SMILES string of the molecule is F.[N].[N].[N].[N].[N].[N].[N].[N].[N].[N].[N].[N].[N].[N]. The van der Waals surface area contributed by atoms with E-state index in [0.29, 0.717) is 0 Å². The van der Waals surface area contributed by atoms with Crippen molar-refractivity contribution in [3.63, 3.8) is 0 Å². The van der Waals surface area contributed by atoms with E-state index in [-0.39, 0.29) is 90.8 Å². The van der Waals surface area contributed by atoms with Crippen molar-refractivity contribution in [3.05, 3.63) is 0 Å². The van der Waals surface area contributed by atoms with Crippen molar-refractivity contribution in [2.45, 2.75) is 0 Å². The number of hydrogen-bond donors (Lipinski definition) is 0. The van der Waals surface area contributed by atoms with E-state index in [1.807, 2.05) is 0 Å². The van der Waals surface area contributed by atoms with Crippen molar-refractivity contribution in [2.24, 2.45) is 0 Å². The van der Waals surface area contributed by atoms with Crippen molar-refractivity contribution < 1.29 is 4.70 Å². The minimum absolute atomic E-state index is 0. The van der Waals surface area contributed by atoms with Crippen molar-refractivity contribution in [3.8, 4) is 0 Å². The Morgan fingerprint density at radius 2 is 0.133 bits per heavy atom. The second-order valence-electron chi connectivity index (χ2n) is 0. The Kier molecular flexibility index (Phi) is 2220000. The first kappa shape index (κ1) is 6470. The third-order valence-corrected chi connectivity index (χ3v) is 0. The zero-order chi connectivity index (χ0) is 0. The molecular weight excluding hydrogens is 215 g/mol. The van der Waals surface area contributed by atoms with Crippen LogP contribution >= 0.6 is 0 Å². The van der Waals surface area contributed by atoms with Crippen molar-refractivity contribution in [2.75, 3.05) is 0 Å². The Bertz CT molecular complexity index is 5.30. The largest absolute Gasteiger partial charge is 0.269 e. The van der Waals surface area contributed by atoms with Crippen LogP contribution in [0.5, 0.6) is 0 Å². The molecule has 0 aliphatic rings. The van der Waals surface area contributed by atoms with E-state index in [4.69, 9.17) is 0 Å². The first-order valence-electron chi connectivity index (χ1n) is 0. The highest BCUT2D eigenvalue weighted by Gasteiger charge is 0.0130. The van der Waals surface area contributed by atoms with Crippen LogP contribution in [0.15, 0.2) is 0 Å². The maximum atomic E-state index is 0. The Morgan fingerprint density at radius 1 is 0.133 bits per heavy atom. The molecule has 42 radical (unpaired) electrons. The van der Waals surface area contributed by atoms with Gasteiger partial charge in [-0.05, 0) is 0 Å². The lowest BCUT2D eigenvalue weighted by Crippen LogP contribution is -0.482. The monoisotopic (exact) mass is 216 g/mol. The van der Waals surface area contributed by atoms with Crippen LogP contribution in [0.25, 0.3) is 0 Å². The highest BCUT2D eigenvalue weighted by atomic mass is 19.0. The van der Waals surface area contributed by atoms with Crippen LogP contribution in [0.4, 0.5) is 4.70 Å². The van der Waals surface area contributed by atoms with E-state index in [9.17, 15) is 0 Å². The van der Waals surface area contributed by atoms with Gasteiger partial charge in [0.1, 0.15) is 0 Å².